The molecule has 2 aromatic carbocycles. The fraction of sp³-hybridized carbons (Fsp3) is 0.211. The number of nitrogens with one attached hydrogen (secondary N) is 2. The third-order valence-electron chi connectivity index (χ3n) is 4.03. The van der Waals surface area contributed by atoms with Crippen molar-refractivity contribution in [3.05, 3.63) is 53.5 Å². The monoisotopic (exact) mass is 383 g/mol. The molecule has 0 saturated heterocycles. The van der Waals surface area contributed by atoms with Crippen molar-refractivity contribution in [2.24, 2.45) is 0 Å². The number of carbonyl (C=O) groups excluding carboxylic acids is 2. The first-order valence-corrected chi connectivity index (χ1v) is 9.32. The van der Waals surface area contributed by atoms with Crippen LogP contribution >= 0.6 is 11.3 Å². The molecule has 7 nitrogen and oxygen atoms in total. The number of carbonyl (C=O) groups is 2. The third-order valence-corrected chi connectivity index (χ3v) is 5.13. The van der Waals surface area contributed by atoms with Crippen molar-refractivity contribution in [2.75, 3.05) is 6.61 Å². The van der Waals surface area contributed by atoms with Crippen LogP contribution in [0.1, 0.15) is 11.4 Å². The Morgan fingerprint density at radius 3 is 2.70 bits per heavy atom. The predicted octanol–water partition coefficient (Wildman–Crippen LogP) is 2.22. The molecule has 2 heterocycles. The van der Waals surface area contributed by atoms with Gasteiger partial charge in [0.1, 0.15) is 6.61 Å². The molecule has 0 aliphatic carbocycles. The number of aryl methyl sites for hydroxylation is 1. The summed E-state index contributed by atoms with van der Waals surface area (Å²) in [6.45, 7) is 0.0877. The average Bonchev–Trinajstić information content (AvgIpc) is 3.13. The second kappa shape index (κ2) is 7.63. The van der Waals surface area contributed by atoms with Crippen LogP contribution in [0.3, 0.4) is 0 Å². The minimum absolute atomic E-state index is 0.0877. The third kappa shape index (κ3) is 4.01. The first-order chi connectivity index (χ1) is 13.2. The molecule has 1 aliphatic rings. The lowest BCUT2D eigenvalue weighted by Crippen LogP contribution is -2.50. The van der Waals surface area contributed by atoms with Gasteiger partial charge in [0.15, 0.2) is 11.5 Å². The van der Waals surface area contributed by atoms with Gasteiger partial charge in [-0.1, -0.05) is 24.3 Å². The molecule has 27 heavy (non-hydrogen) atoms. The summed E-state index contributed by atoms with van der Waals surface area (Å²) >= 11 is 1.56. The van der Waals surface area contributed by atoms with Crippen LogP contribution in [0.2, 0.25) is 0 Å². The van der Waals surface area contributed by atoms with Crippen molar-refractivity contribution in [2.45, 2.75) is 18.9 Å². The molecule has 4 rings (SSSR count). The number of amides is 2. The minimum Gasteiger partial charge on any atom is -0.485 e. The van der Waals surface area contributed by atoms with E-state index < -0.39 is 12.0 Å². The zero-order valence-corrected chi connectivity index (χ0v) is 15.1. The number of hydrogen-bond acceptors (Lipinski definition) is 6. The van der Waals surface area contributed by atoms with E-state index in [-0.39, 0.29) is 18.9 Å². The highest BCUT2D eigenvalue weighted by molar-refractivity contribution is 7.18. The van der Waals surface area contributed by atoms with Gasteiger partial charge in [-0.25, -0.2) is 4.98 Å². The molecular formula is C19H17N3O4S. The predicted molar refractivity (Wildman–Crippen MR) is 101 cm³/mol. The summed E-state index contributed by atoms with van der Waals surface area (Å²) < 4.78 is 12.2. The minimum atomic E-state index is -0.815. The van der Waals surface area contributed by atoms with Crippen LogP contribution in [0.4, 0.5) is 0 Å². The standard InChI is InChI=1S/C19H17N3O4S/c23-17(9-10-18-20-12-5-1-4-8-16(12)27-18)21-22-19(24)15-11-25-13-6-2-3-7-14(13)26-15/h1-8,15H,9-11H2,(H,21,23)(H,22,24)/t15-/m0/s1. The molecule has 3 aromatic rings. The Bertz CT molecular complexity index is 955. The van der Waals surface area contributed by atoms with Crippen LogP contribution in [0.5, 0.6) is 11.5 Å². The summed E-state index contributed by atoms with van der Waals surface area (Å²) in [6, 6.07) is 15.0. The molecule has 1 aliphatic heterocycles. The maximum Gasteiger partial charge on any atom is 0.283 e. The van der Waals surface area contributed by atoms with Crippen molar-refractivity contribution in [3.63, 3.8) is 0 Å². The molecule has 138 valence electrons. The van der Waals surface area contributed by atoms with E-state index in [1.807, 2.05) is 30.3 Å². The number of aromatic nitrogens is 1. The molecule has 0 fully saturated rings. The zero-order valence-electron chi connectivity index (χ0n) is 14.3. The molecule has 0 bridgehead atoms. The fourth-order valence-electron chi connectivity index (χ4n) is 2.67. The molecule has 2 N–H and O–H groups in total. The number of benzene rings is 2. The van der Waals surface area contributed by atoms with Crippen molar-refractivity contribution >= 4 is 33.4 Å². The summed E-state index contributed by atoms with van der Waals surface area (Å²) in [7, 11) is 0. The number of para-hydroxylation sites is 3. The highest BCUT2D eigenvalue weighted by atomic mass is 32.1. The molecule has 1 atom stereocenters. The zero-order chi connectivity index (χ0) is 18.6. The maximum atomic E-state index is 12.2. The second-order valence-electron chi connectivity index (χ2n) is 5.98. The number of nitrogens with zero attached hydrogens (tertiary/aromatic N) is 1. The van der Waals surface area contributed by atoms with E-state index in [0.717, 1.165) is 15.2 Å². The number of hydrazine groups is 1. The van der Waals surface area contributed by atoms with Gasteiger partial charge in [0, 0.05) is 12.8 Å². The van der Waals surface area contributed by atoms with E-state index in [0.29, 0.717) is 17.9 Å². The van der Waals surface area contributed by atoms with Crippen molar-refractivity contribution in [1.82, 2.24) is 15.8 Å². The number of hydrogen-bond donors (Lipinski definition) is 2. The Morgan fingerprint density at radius 1 is 1.07 bits per heavy atom. The molecule has 0 saturated carbocycles. The maximum absolute atomic E-state index is 12.2. The van der Waals surface area contributed by atoms with E-state index in [4.69, 9.17) is 9.47 Å². The van der Waals surface area contributed by atoms with E-state index in [9.17, 15) is 9.59 Å². The molecular weight excluding hydrogens is 366 g/mol. The van der Waals surface area contributed by atoms with Gasteiger partial charge >= 0.3 is 0 Å². The quantitative estimate of drug-likeness (QED) is 0.675. The van der Waals surface area contributed by atoms with Gasteiger partial charge < -0.3 is 9.47 Å². The highest BCUT2D eigenvalue weighted by Gasteiger charge is 2.27. The Labute approximate surface area is 159 Å². The summed E-state index contributed by atoms with van der Waals surface area (Å²) in [5.41, 5.74) is 5.73. The SMILES string of the molecule is O=C(CCc1nc2ccccc2s1)NNC(=O)[C@@H]1COc2ccccc2O1. The summed E-state index contributed by atoms with van der Waals surface area (Å²) in [4.78, 5) is 28.6. The summed E-state index contributed by atoms with van der Waals surface area (Å²) in [5.74, 6) is 0.352. The summed E-state index contributed by atoms with van der Waals surface area (Å²) in [6.07, 6.45) is -0.0768. The topological polar surface area (TPSA) is 89.6 Å². The van der Waals surface area contributed by atoms with Crippen LogP contribution in [-0.4, -0.2) is 29.5 Å². The lowest BCUT2D eigenvalue weighted by Gasteiger charge is -2.25. The van der Waals surface area contributed by atoms with Gasteiger partial charge in [-0.05, 0) is 24.3 Å². The molecule has 0 spiro atoms. The van der Waals surface area contributed by atoms with Gasteiger partial charge in [-0.15, -0.1) is 11.3 Å². The number of ether oxygens (including phenoxy) is 2. The first-order valence-electron chi connectivity index (χ1n) is 8.51. The van der Waals surface area contributed by atoms with Gasteiger partial charge in [-0.2, -0.15) is 0 Å². The van der Waals surface area contributed by atoms with Gasteiger partial charge in [0.25, 0.3) is 5.91 Å². The number of rotatable bonds is 4. The Kier molecular flexibility index (Phi) is 4.88. The average molecular weight is 383 g/mol. The van der Waals surface area contributed by atoms with Crippen LogP contribution in [0.15, 0.2) is 48.5 Å². The Balaban J connectivity index is 1.25. The molecule has 1 aromatic heterocycles. The van der Waals surface area contributed by atoms with Crippen LogP contribution in [0, 0.1) is 0 Å². The summed E-state index contributed by atoms with van der Waals surface area (Å²) in [5, 5.41) is 0.887. The lowest BCUT2D eigenvalue weighted by atomic mass is 10.2. The van der Waals surface area contributed by atoms with Crippen molar-refractivity contribution in [3.8, 4) is 11.5 Å². The first kappa shape index (κ1) is 17.3. The van der Waals surface area contributed by atoms with Crippen LogP contribution in [0.25, 0.3) is 10.2 Å². The smallest absolute Gasteiger partial charge is 0.283 e. The van der Waals surface area contributed by atoms with E-state index >= 15 is 0 Å². The molecule has 2 amide bonds. The van der Waals surface area contributed by atoms with E-state index in [1.165, 1.54) is 0 Å². The van der Waals surface area contributed by atoms with Gasteiger partial charge in [-0.3, -0.25) is 20.4 Å². The molecule has 0 radical (unpaired) electrons. The number of fused-ring (bicyclic) bond motifs is 2. The van der Waals surface area contributed by atoms with Gasteiger partial charge in [0.05, 0.1) is 15.2 Å². The molecule has 8 heteroatoms. The highest BCUT2D eigenvalue weighted by Crippen LogP contribution is 2.30. The lowest BCUT2D eigenvalue weighted by molar-refractivity contribution is -0.135. The second-order valence-corrected chi connectivity index (χ2v) is 7.09. The number of thiazole rings is 1. The fourth-order valence-corrected chi connectivity index (χ4v) is 3.64. The van der Waals surface area contributed by atoms with E-state index in [2.05, 4.69) is 15.8 Å². The van der Waals surface area contributed by atoms with Gasteiger partial charge in [0.2, 0.25) is 12.0 Å². The largest absolute Gasteiger partial charge is 0.485 e. The van der Waals surface area contributed by atoms with Crippen LogP contribution < -0.4 is 20.3 Å². The normalized spacial score (nSPS) is 15.3. The van der Waals surface area contributed by atoms with Crippen molar-refractivity contribution in [1.29, 1.82) is 0 Å². The Hall–Kier alpha value is -3.13. The van der Waals surface area contributed by atoms with Crippen LogP contribution in [-0.2, 0) is 16.0 Å². The van der Waals surface area contributed by atoms with Crippen molar-refractivity contribution < 1.29 is 19.1 Å². The molecule has 0 unspecified atom stereocenters. The van der Waals surface area contributed by atoms with E-state index in [1.54, 1.807) is 29.5 Å². The Morgan fingerprint density at radius 2 is 1.85 bits per heavy atom.